The topological polar surface area (TPSA) is 310 Å². The van der Waals surface area contributed by atoms with Crippen LogP contribution in [0.5, 0.6) is 0 Å². The summed E-state index contributed by atoms with van der Waals surface area (Å²) in [5.41, 5.74) is 5.50. The van der Waals surface area contributed by atoms with Crippen LogP contribution in [0.1, 0.15) is 198 Å². The first-order valence-electron chi connectivity index (χ1n) is 27.1. The molecule has 20 nitrogen and oxygen atoms in total. The number of carbonyl (C=O) groups excluding carboxylic acids is 9. The van der Waals surface area contributed by atoms with Crippen molar-refractivity contribution in [1.82, 2.24) is 37.2 Å². The van der Waals surface area contributed by atoms with Crippen molar-refractivity contribution in [3.05, 3.63) is 0 Å². The Hall–Kier alpha value is -5.30. The van der Waals surface area contributed by atoms with Crippen molar-refractivity contribution in [2.24, 2.45) is 35.3 Å². The molecule has 0 aromatic carbocycles. The summed E-state index contributed by atoms with van der Waals surface area (Å²) < 4.78 is 6.08. The minimum absolute atomic E-state index is 0.0469. The molecule has 1 aliphatic heterocycles. The van der Waals surface area contributed by atoms with E-state index in [0.29, 0.717) is 12.8 Å². The maximum Gasteiger partial charge on any atom is 0.329 e. The summed E-state index contributed by atoms with van der Waals surface area (Å²) in [7, 11) is 0. The lowest BCUT2D eigenvalue weighted by molar-refractivity contribution is -0.156. The van der Waals surface area contributed by atoms with Gasteiger partial charge in [0.1, 0.15) is 48.4 Å². The molecule has 73 heavy (non-hydrogen) atoms. The van der Waals surface area contributed by atoms with Gasteiger partial charge in [-0.1, -0.05) is 140 Å². The third-order valence-electron chi connectivity index (χ3n) is 13.0. The summed E-state index contributed by atoms with van der Waals surface area (Å²) in [6.07, 6.45) is 8.39. The van der Waals surface area contributed by atoms with Gasteiger partial charge >= 0.3 is 11.9 Å². The highest BCUT2D eigenvalue weighted by atomic mass is 16.5. The number of aliphatic carboxylic acids is 1. The van der Waals surface area contributed by atoms with Crippen molar-refractivity contribution in [2.75, 3.05) is 0 Å². The second-order valence-electron chi connectivity index (χ2n) is 21.7. The molecule has 0 radical (unpaired) electrons. The first-order valence-corrected chi connectivity index (χ1v) is 27.1. The molecule has 0 aromatic rings. The predicted octanol–water partition coefficient (Wildman–Crippen LogP) is 4.59. The van der Waals surface area contributed by atoms with Crippen LogP contribution in [0.15, 0.2) is 0 Å². The van der Waals surface area contributed by atoms with E-state index in [-0.39, 0.29) is 56.3 Å². The van der Waals surface area contributed by atoms with Gasteiger partial charge in [0.05, 0.1) is 12.8 Å². The highest BCUT2D eigenvalue weighted by molar-refractivity contribution is 5.98. The maximum atomic E-state index is 14.3. The number of unbranched alkanes of at least 4 members (excludes halogenated alkanes) is 9. The van der Waals surface area contributed by atoms with Crippen molar-refractivity contribution >= 4 is 59.2 Å². The lowest BCUT2D eigenvalue weighted by Crippen LogP contribution is -2.61. The van der Waals surface area contributed by atoms with Gasteiger partial charge < -0.3 is 52.8 Å². The highest BCUT2D eigenvalue weighted by Crippen LogP contribution is 2.19. The molecule has 10 N–H and O–H groups in total. The summed E-state index contributed by atoms with van der Waals surface area (Å²) >= 11 is 0. The fraction of sp³-hybridized carbons (Fsp3) is 0.811. The molecule has 1 aliphatic rings. The molecule has 0 aliphatic carbocycles. The largest absolute Gasteiger partial charge is 0.481 e. The molecule has 0 bridgehead atoms. The van der Waals surface area contributed by atoms with Crippen molar-refractivity contribution in [3.8, 4) is 0 Å². The van der Waals surface area contributed by atoms with Gasteiger partial charge in [0.25, 0.3) is 0 Å². The molecule has 0 saturated carbocycles. The van der Waals surface area contributed by atoms with E-state index in [1.807, 2.05) is 34.6 Å². The van der Waals surface area contributed by atoms with Crippen molar-refractivity contribution < 1.29 is 57.8 Å². The molecule has 1 fully saturated rings. The molecule has 1 heterocycles. The van der Waals surface area contributed by atoms with Crippen LogP contribution < -0.4 is 43.0 Å². The summed E-state index contributed by atoms with van der Waals surface area (Å²) in [4.78, 5) is 137. The normalized spacial score (nSPS) is 24.3. The fourth-order valence-electron chi connectivity index (χ4n) is 8.60. The number of amides is 8. The Labute approximate surface area is 434 Å². The minimum Gasteiger partial charge on any atom is -0.481 e. The van der Waals surface area contributed by atoms with E-state index < -0.39 is 132 Å². The van der Waals surface area contributed by atoms with Crippen LogP contribution >= 0.6 is 0 Å². The van der Waals surface area contributed by atoms with Crippen molar-refractivity contribution in [3.63, 3.8) is 0 Å². The number of cyclic esters (lactones) is 1. The van der Waals surface area contributed by atoms with Gasteiger partial charge in [-0.3, -0.25) is 43.2 Å². The van der Waals surface area contributed by atoms with Gasteiger partial charge in [-0.05, 0) is 68.1 Å². The molecule has 1 saturated heterocycles. The van der Waals surface area contributed by atoms with Crippen LogP contribution in [0, 0.1) is 29.6 Å². The third kappa shape index (κ3) is 27.0. The number of nitrogens with two attached hydrogens (primary N) is 1. The number of carboxylic acids is 1. The molecule has 0 spiro atoms. The van der Waals surface area contributed by atoms with Gasteiger partial charge in [-0.25, -0.2) is 4.79 Å². The Kier molecular flexibility index (Phi) is 31.5. The number of ether oxygens (including phenoxy) is 1. The summed E-state index contributed by atoms with van der Waals surface area (Å²) in [6.45, 7) is 19.8. The van der Waals surface area contributed by atoms with Crippen LogP contribution in [0.3, 0.4) is 0 Å². The van der Waals surface area contributed by atoms with Crippen LogP contribution in [0.2, 0.25) is 0 Å². The molecule has 1 rings (SSSR count). The van der Waals surface area contributed by atoms with Gasteiger partial charge in [0.15, 0.2) is 0 Å². The third-order valence-corrected chi connectivity index (χ3v) is 13.0. The van der Waals surface area contributed by atoms with Crippen molar-refractivity contribution in [2.45, 2.75) is 247 Å². The molecular formula is C53H94N8O12. The van der Waals surface area contributed by atoms with E-state index in [9.17, 15) is 53.1 Å². The fourth-order valence-corrected chi connectivity index (χ4v) is 8.60. The number of primary amides is 1. The lowest BCUT2D eigenvalue weighted by Gasteiger charge is -2.30. The number of hydrogen-bond donors (Lipinski definition) is 9. The van der Waals surface area contributed by atoms with Gasteiger partial charge in [-0.2, -0.15) is 0 Å². The highest BCUT2D eigenvalue weighted by Gasteiger charge is 2.38. The van der Waals surface area contributed by atoms with Gasteiger partial charge in [0, 0.05) is 6.42 Å². The Morgan fingerprint density at radius 3 is 1.37 bits per heavy atom. The van der Waals surface area contributed by atoms with E-state index in [1.54, 1.807) is 34.6 Å². The number of esters is 1. The Balaban J connectivity index is 3.96. The zero-order chi connectivity index (χ0) is 55.4. The molecule has 4 unspecified atom stereocenters. The number of rotatable bonds is 25. The zero-order valence-corrected chi connectivity index (χ0v) is 46.0. The Morgan fingerprint density at radius 1 is 0.534 bits per heavy atom. The molecular weight excluding hydrogens is 941 g/mol. The number of carbonyl (C=O) groups is 10. The van der Waals surface area contributed by atoms with E-state index in [2.05, 4.69) is 44.1 Å². The van der Waals surface area contributed by atoms with Gasteiger partial charge in [-0.15, -0.1) is 0 Å². The van der Waals surface area contributed by atoms with Gasteiger partial charge in [0.2, 0.25) is 47.3 Å². The molecule has 20 heteroatoms. The monoisotopic (exact) mass is 1030 g/mol. The molecule has 0 aromatic heterocycles. The molecule has 9 atom stereocenters. The average molecular weight is 1040 g/mol. The summed E-state index contributed by atoms with van der Waals surface area (Å²) in [5.74, 6) is -10.4. The summed E-state index contributed by atoms with van der Waals surface area (Å²) in [6, 6.07) is -9.48. The first kappa shape index (κ1) is 65.7. The summed E-state index contributed by atoms with van der Waals surface area (Å²) in [5, 5.41) is 28.5. The minimum atomic E-state index is -1.72. The van der Waals surface area contributed by atoms with Crippen LogP contribution in [-0.2, 0) is 52.7 Å². The van der Waals surface area contributed by atoms with Crippen LogP contribution in [-0.4, -0.2) is 113 Å². The number of hydrogen-bond acceptors (Lipinski definition) is 11. The zero-order valence-electron chi connectivity index (χ0n) is 46.0. The SMILES string of the molecule is CCCCCCCCCCCCC1CC(=O)N[C@@H](CCC(N)=O)C(=O)NC(CC(C)C)C(=O)NC(CC(C)C)C(=O)N[C@@H](C(C)C)C(=O)N[C@@H](CC(=O)O)C(=O)NC(CC(C)C)C(=O)N[C@@H]([C@H](C)CC)C(=O)O1. The first-order chi connectivity index (χ1) is 34.3. The lowest BCUT2D eigenvalue weighted by atomic mass is 9.97. The van der Waals surface area contributed by atoms with Crippen LogP contribution in [0.25, 0.3) is 0 Å². The molecule has 418 valence electrons. The Bertz CT molecular complexity index is 1790. The second-order valence-corrected chi connectivity index (χ2v) is 21.7. The van der Waals surface area contributed by atoms with Crippen LogP contribution in [0.4, 0.5) is 0 Å². The smallest absolute Gasteiger partial charge is 0.329 e. The second kappa shape index (κ2) is 35.0. The van der Waals surface area contributed by atoms with E-state index >= 15 is 0 Å². The molecule has 8 amide bonds. The maximum absolute atomic E-state index is 14.3. The van der Waals surface area contributed by atoms with Crippen molar-refractivity contribution in [1.29, 1.82) is 0 Å². The van der Waals surface area contributed by atoms with E-state index in [0.717, 1.165) is 32.1 Å². The Morgan fingerprint density at radius 2 is 0.945 bits per heavy atom. The quantitative estimate of drug-likeness (QED) is 0.0448. The average Bonchev–Trinajstić information content (AvgIpc) is 3.29. The number of carboxylic acid groups (broad SMARTS) is 1. The number of nitrogens with one attached hydrogen (secondary N) is 7. The van der Waals surface area contributed by atoms with E-state index in [1.165, 1.54) is 25.7 Å². The van der Waals surface area contributed by atoms with E-state index in [4.69, 9.17) is 10.5 Å². The standard InChI is InChI=1S/C53H94N8O12/c1-12-14-15-16-17-18-19-20-21-22-23-36-29-43(63)55-37(24-25-42(54)62)47(66)56-38(26-31(3)4)48(67)57-39(27-32(5)6)50(69)60-45(34(9)10)52(71)59-41(30-44(64)65)49(68)58-40(28-33(7)8)51(70)61-46(35(11)13-2)53(72)73-36/h31-41,45-46H,12-30H2,1-11H3,(H2,54,62)(H,55,63)(H,56,66)(H,57,67)(H,58,68)(H,59,71)(H,60,69)(H,61,70)(H,64,65)/t35-,36?,37+,38?,39?,40?,41+,45+,46+/m1/s1. The predicted molar refractivity (Wildman–Crippen MR) is 278 cm³/mol.